The third-order valence-corrected chi connectivity index (χ3v) is 3.85. The number of aryl methyl sites for hydroxylation is 2. The summed E-state index contributed by atoms with van der Waals surface area (Å²) in [6, 6.07) is 14.1. The molecule has 0 aliphatic heterocycles. The molecule has 1 unspecified atom stereocenters. The van der Waals surface area contributed by atoms with Crippen molar-refractivity contribution in [2.45, 2.75) is 46.1 Å². The molecule has 0 spiro atoms. The van der Waals surface area contributed by atoms with Crippen LogP contribution in [-0.4, -0.2) is 0 Å². The fourth-order valence-electron chi connectivity index (χ4n) is 2.37. The van der Waals surface area contributed by atoms with Crippen LogP contribution in [0.5, 0.6) is 0 Å². The zero-order valence-corrected chi connectivity index (χ0v) is 13.1. The predicted molar refractivity (Wildman–Crippen MR) is 88.2 cm³/mol. The van der Waals surface area contributed by atoms with Crippen molar-refractivity contribution in [2.24, 2.45) is 0 Å². The number of nitrogens with one attached hydrogen (secondary N) is 1. The summed E-state index contributed by atoms with van der Waals surface area (Å²) in [5.41, 5.74) is 4.10. The SMILES string of the molecule is CCCCc1ccc(C(C)Nc2ccc(C)c(F)c2)cc1. The van der Waals surface area contributed by atoms with E-state index in [9.17, 15) is 4.39 Å². The van der Waals surface area contributed by atoms with Crippen molar-refractivity contribution < 1.29 is 4.39 Å². The van der Waals surface area contributed by atoms with Crippen LogP contribution >= 0.6 is 0 Å². The smallest absolute Gasteiger partial charge is 0.128 e. The van der Waals surface area contributed by atoms with Gasteiger partial charge in [0.1, 0.15) is 5.82 Å². The quantitative estimate of drug-likeness (QED) is 0.723. The summed E-state index contributed by atoms with van der Waals surface area (Å²) < 4.78 is 13.6. The number of anilines is 1. The molecule has 2 rings (SSSR count). The lowest BCUT2D eigenvalue weighted by Gasteiger charge is -2.16. The fraction of sp³-hybridized carbons (Fsp3) is 0.368. The van der Waals surface area contributed by atoms with E-state index in [-0.39, 0.29) is 11.9 Å². The van der Waals surface area contributed by atoms with E-state index in [0.29, 0.717) is 5.56 Å². The van der Waals surface area contributed by atoms with E-state index in [2.05, 4.69) is 43.4 Å². The van der Waals surface area contributed by atoms with Gasteiger partial charge in [-0.15, -0.1) is 0 Å². The average molecular weight is 285 g/mol. The van der Waals surface area contributed by atoms with Gasteiger partial charge in [0.15, 0.2) is 0 Å². The number of hydrogen-bond acceptors (Lipinski definition) is 1. The average Bonchev–Trinajstić information content (AvgIpc) is 2.49. The first-order valence-corrected chi connectivity index (χ1v) is 7.71. The topological polar surface area (TPSA) is 12.0 Å². The highest BCUT2D eigenvalue weighted by atomic mass is 19.1. The summed E-state index contributed by atoms with van der Waals surface area (Å²) in [6.45, 7) is 6.08. The lowest BCUT2D eigenvalue weighted by Crippen LogP contribution is -2.07. The normalized spacial score (nSPS) is 12.2. The van der Waals surface area contributed by atoms with Crippen LogP contribution in [0.2, 0.25) is 0 Å². The van der Waals surface area contributed by atoms with Gasteiger partial charge in [-0.1, -0.05) is 43.7 Å². The van der Waals surface area contributed by atoms with E-state index in [4.69, 9.17) is 0 Å². The van der Waals surface area contributed by atoms with E-state index in [1.807, 2.05) is 6.07 Å². The molecular weight excluding hydrogens is 261 g/mol. The largest absolute Gasteiger partial charge is 0.378 e. The molecule has 0 aliphatic carbocycles. The molecule has 2 aromatic carbocycles. The third-order valence-electron chi connectivity index (χ3n) is 3.85. The molecule has 0 radical (unpaired) electrons. The van der Waals surface area contributed by atoms with Crippen LogP contribution in [0, 0.1) is 12.7 Å². The van der Waals surface area contributed by atoms with Gasteiger partial charge in [-0.2, -0.15) is 0 Å². The molecule has 1 nitrogen and oxygen atoms in total. The van der Waals surface area contributed by atoms with Crippen molar-refractivity contribution >= 4 is 5.69 Å². The van der Waals surface area contributed by atoms with Crippen LogP contribution in [0.3, 0.4) is 0 Å². The van der Waals surface area contributed by atoms with Crippen LogP contribution in [0.15, 0.2) is 42.5 Å². The van der Waals surface area contributed by atoms with Gasteiger partial charge in [-0.05, 0) is 55.5 Å². The molecule has 0 saturated carbocycles. The Balaban J connectivity index is 2.02. The fourth-order valence-corrected chi connectivity index (χ4v) is 2.37. The maximum absolute atomic E-state index is 13.6. The molecule has 112 valence electrons. The van der Waals surface area contributed by atoms with Gasteiger partial charge < -0.3 is 5.32 Å². The van der Waals surface area contributed by atoms with Gasteiger partial charge in [0.25, 0.3) is 0 Å². The first-order valence-electron chi connectivity index (χ1n) is 7.71. The van der Waals surface area contributed by atoms with E-state index < -0.39 is 0 Å². The zero-order chi connectivity index (χ0) is 15.2. The molecule has 0 fully saturated rings. The molecule has 21 heavy (non-hydrogen) atoms. The molecule has 0 saturated heterocycles. The van der Waals surface area contributed by atoms with Crippen molar-refractivity contribution in [2.75, 3.05) is 5.32 Å². The first kappa shape index (κ1) is 15.6. The van der Waals surface area contributed by atoms with Gasteiger partial charge in [0.05, 0.1) is 0 Å². The Morgan fingerprint density at radius 3 is 2.43 bits per heavy atom. The maximum Gasteiger partial charge on any atom is 0.128 e. The molecule has 0 amide bonds. The Morgan fingerprint density at radius 1 is 1.10 bits per heavy atom. The van der Waals surface area contributed by atoms with Gasteiger partial charge >= 0.3 is 0 Å². The second kappa shape index (κ2) is 7.26. The standard InChI is InChI=1S/C19H24FN/c1-4-5-6-16-8-10-17(11-9-16)15(3)21-18-12-7-14(2)19(20)13-18/h7-13,15,21H,4-6H2,1-3H3. The lowest BCUT2D eigenvalue weighted by molar-refractivity contribution is 0.618. The monoisotopic (exact) mass is 285 g/mol. The molecular formula is C19H24FN. The summed E-state index contributed by atoms with van der Waals surface area (Å²) in [4.78, 5) is 0. The highest BCUT2D eigenvalue weighted by Crippen LogP contribution is 2.21. The van der Waals surface area contributed by atoms with Crippen LogP contribution in [-0.2, 0) is 6.42 Å². The van der Waals surface area contributed by atoms with Crippen molar-refractivity contribution in [1.82, 2.24) is 0 Å². The van der Waals surface area contributed by atoms with Gasteiger partial charge in [-0.25, -0.2) is 4.39 Å². The summed E-state index contributed by atoms with van der Waals surface area (Å²) in [5, 5.41) is 3.35. The Hall–Kier alpha value is -1.83. The van der Waals surface area contributed by atoms with Crippen molar-refractivity contribution in [3.05, 3.63) is 65.0 Å². The van der Waals surface area contributed by atoms with E-state index >= 15 is 0 Å². The van der Waals surface area contributed by atoms with Gasteiger partial charge in [0.2, 0.25) is 0 Å². The Labute approximate surface area is 127 Å². The second-order valence-electron chi connectivity index (χ2n) is 5.68. The summed E-state index contributed by atoms with van der Waals surface area (Å²) in [6.07, 6.45) is 3.59. The lowest BCUT2D eigenvalue weighted by atomic mass is 10.0. The second-order valence-corrected chi connectivity index (χ2v) is 5.68. The first-order chi connectivity index (χ1) is 10.1. The van der Waals surface area contributed by atoms with Crippen molar-refractivity contribution in [1.29, 1.82) is 0 Å². The number of benzene rings is 2. The Kier molecular flexibility index (Phi) is 5.38. The number of unbranched alkanes of at least 4 members (excludes halogenated alkanes) is 1. The van der Waals surface area contributed by atoms with Crippen molar-refractivity contribution in [3.63, 3.8) is 0 Å². The maximum atomic E-state index is 13.6. The molecule has 1 atom stereocenters. The number of hydrogen-bond donors (Lipinski definition) is 1. The Morgan fingerprint density at radius 2 is 1.81 bits per heavy atom. The summed E-state index contributed by atoms with van der Waals surface area (Å²) >= 11 is 0. The number of halogens is 1. The zero-order valence-electron chi connectivity index (χ0n) is 13.1. The molecule has 2 aromatic rings. The van der Waals surface area contributed by atoms with Gasteiger partial charge in [0, 0.05) is 11.7 Å². The molecule has 0 aromatic heterocycles. The summed E-state index contributed by atoms with van der Waals surface area (Å²) in [5.74, 6) is -0.165. The highest BCUT2D eigenvalue weighted by molar-refractivity contribution is 5.47. The third kappa shape index (κ3) is 4.32. The molecule has 2 heteroatoms. The molecule has 1 N–H and O–H groups in total. The van der Waals surface area contributed by atoms with E-state index in [1.165, 1.54) is 24.0 Å². The molecule has 0 heterocycles. The van der Waals surface area contributed by atoms with Crippen molar-refractivity contribution in [3.8, 4) is 0 Å². The van der Waals surface area contributed by atoms with Crippen LogP contribution < -0.4 is 5.32 Å². The van der Waals surface area contributed by atoms with Crippen LogP contribution in [0.25, 0.3) is 0 Å². The minimum absolute atomic E-state index is 0.160. The molecule has 0 bridgehead atoms. The molecule has 0 aliphatic rings. The highest BCUT2D eigenvalue weighted by Gasteiger charge is 2.06. The van der Waals surface area contributed by atoms with E-state index in [1.54, 1.807) is 19.1 Å². The van der Waals surface area contributed by atoms with Crippen LogP contribution in [0.4, 0.5) is 10.1 Å². The van der Waals surface area contributed by atoms with Crippen LogP contribution in [0.1, 0.15) is 49.4 Å². The number of rotatable bonds is 6. The summed E-state index contributed by atoms with van der Waals surface area (Å²) in [7, 11) is 0. The van der Waals surface area contributed by atoms with E-state index in [0.717, 1.165) is 12.1 Å². The Bertz CT molecular complexity index is 575. The minimum atomic E-state index is -0.165. The minimum Gasteiger partial charge on any atom is -0.378 e. The predicted octanol–water partition coefficient (Wildman–Crippen LogP) is 5.65. The van der Waals surface area contributed by atoms with Gasteiger partial charge in [-0.3, -0.25) is 0 Å².